The standard InChI is InChI=1S/C15H18ClFN2S2/c1-9-5-14-13(6-12(9)17)18-15(10(2)16)19(14)7-11-8-20-3-4-21-11/h5-6,10-11H,3-4,7-8H2,1-2H3. The smallest absolute Gasteiger partial charge is 0.128 e. The maximum Gasteiger partial charge on any atom is 0.128 e. The summed E-state index contributed by atoms with van der Waals surface area (Å²) in [5, 5.41) is 0.391. The molecular weight excluding hydrogens is 327 g/mol. The summed E-state index contributed by atoms with van der Waals surface area (Å²) in [5.74, 6) is 4.22. The van der Waals surface area contributed by atoms with Gasteiger partial charge in [0, 0.05) is 35.1 Å². The van der Waals surface area contributed by atoms with Gasteiger partial charge in [-0.1, -0.05) is 0 Å². The number of fused-ring (bicyclic) bond motifs is 1. The number of hydrogen-bond donors (Lipinski definition) is 0. The van der Waals surface area contributed by atoms with E-state index in [1.807, 2.05) is 36.5 Å². The third-order valence-electron chi connectivity index (χ3n) is 3.69. The quantitative estimate of drug-likeness (QED) is 0.756. The van der Waals surface area contributed by atoms with Crippen LogP contribution < -0.4 is 0 Å². The van der Waals surface area contributed by atoms with Crippen molar-refractivity contribution in [1.82, 2.24) is 9.55 Å². The number of hydrogen-bond acceptors (Lipinski definition) is 3. The molecule has 114 valence electrons. The number of rotatable bonds is 3. The number of halogens is 2. The lowest BCUT2D eigenvalue weighted by Crippen LogP contribution is -2.21. The summed E-state index contributed by atoms with van der Waals surface area (Å²) in [7, 11) is 0. The van der Waals surface area contributed by atoms with Gasteiger partial charge in [-0.05, 0) is 25.5 Å². The van der Waals surface area contributed by atoms with Gasteiger partial charge in [-0.2, -0.15) is 23.5 Å². The van der Waals surface area contributed by atoms with Crippen LogP contribution in [0.25, 0.3) is 11.0 Å². The number of imidazole rings is 1. The summed E-state index contributed by atoms with van der Waals surface area (Å²) in [6.45, 7) is 4.61. The molecule has 1 saturated heterocycles. The second-order valence-corrected chi connectivity index (χ2v) is 8.57. The van der Waals surface area contributed by atoms with Crippen LogP contribution in [-0.4, -0.2) is 32.1 Å². The summed E-state index contributed by atoms with van der Waals surface area (Å²) in [6, 6.07) is 3.41. The van der Waals surface area contributed by atoms with Crippen molar-refractivity contribution in [3.63, 3.8) is 0 Å². The summed E-state index contributed by atoms with van der Waals surface area (Å²) >= 11 is 10.3. The molecule has 2 aromatic rings. The largest absolute Gasteiger partial charge is 0.326 e. The van der Waals surface area contributed by atoms with Crippen molar-refractivity contribution in [3.8, 4) is 0 Å². The summed E-state index contributed by atoms with van der Waals surface area (Å²) in [5.41, 5.74) is 2.35. The van der Waals surface area contributed by atoms with Gasteiger partial charge in [0.15, 0.2) is 0 Å². The molecule has 2 atom stereocenters. The Kier molecular flexibility index (Phi) is 4.71. The summed E-state index contributed by atoms with van der Waals surface area (Å²) < 4.78 is 15.9. The van der Waals surface area contributed by atoms with Crippen molar-refractivity contribution in [2.45, 2.75) is 31.0 Å². The van der Waals surface area contributed by atoms with E-state index in [1.165, 1.54) is 17.6 Å². The molecule has 2 unspecified atom stereocenters. The van der Waals surface area contributed by atoms with Crippen LogP contribution in [0.2, 0.25) is 0 Å². The zero-order valence-electron chi connectivity index (χ0n) is 12.1. The molecule has 1 aliphatic heterocycles. The average molecular weight is 345 g/mol. The van der Waals surface area contributed by atoms with Crippen molar-refractivity contribution >= 4 is 46.2 Å². The highest BCUT2D eigenvalue weighted by Crippen LogP contribution is 2.30. The number of nitrogens with zero attached hydrogens (tertiary/aromatic N) is 2. The van der Waals surface area contributed by atoms with E-state index in [9.17, 15) is 4.39 Å². The number of thioether (sulfide) groups is 2. The van der Waals surface area contributed by atoms with Gasteiger partial charge in [-0.25, -0.2) is 9.37 Å². The van der Waals surface area contributed by atoms with E-state index in [-0.39, 0.29) is 11.2 Å². The molecule has 21 heavy (non-hydrogen) atoms. The third-order valence-corrected chi connectivity index (χ3v) is 6.71. The molecule has 0 aliphatic carbocycles. The van der Waals surface area contributed by atoms with Gasteiger partial charge < -0.3 is 4.57 Å². The molecule has 0 spiro atoms. The van der Waals surface area contributed by atoms with Crippen LogP contribution in [0.15, 0.2) is 12.1 Å². The Balaban J connectivity index is 2.04. The van der Waals surface area contributed by atoms with Crippen molar-refractivity contribution in [1.29, 1.82) is 0 Å². The van der Waals surface area contributed by atoms with E-state index in [1.54, 1.807) is 6.92 Å². The second-order valence-electron chi connectivity index (χ2n) is 5.35. The first kappa shape index (κ1) is 15.5. The molecule has 1 aromatic heterocycles. The fraction of sp³-hybridized carbons (Fsp3) is 0.533. The van der Waals surface area contributed by atoms with Gasteiger partial charge in [0.2, 0.25) is 0 Å². The van der Waals surface area contributed by atoms with Crippen LogP contribution in [0.1, 0.15) is 23.7 Å². The number of alkyl halides is 1. The van der Waals surface area contributed by atoms with Crippen LogP contribution in [0, 0.1) is 12.7 Å². The maximum atomic E-state index is 13.8. The Labute approximate surface area is 137 Å². The minimum atomic E-state index is -0.205. The van der Waals surface area contributed by atoms with Gasteiger partial charge in [0.25, 0.3) is 0 Å². The number of aromatic nitrogens is 2. The minimum Gasteiger partial charge on any atom is -0.326 e. The molecule has 0 radical (unpaired) electrons. The van der Waals surface area contributed by atoms with Gasteiger partial charge in [0.05, 0.1) is 16.4 Å². The lowest BCUT2D eigenvalue weighted by Gasteiger charge is -2.23. The predicted molar refractivity (Wildman–Crippen MR) is 92.3 cm³/mol. The molecular formula is C15H18ClFN2S2. The summed E-state index contributed by atoms with van der Waals surface area (Å²) in [4.78, 5) is 4.55. The van der Waals surface area contributed by atoms with Crippen molar-refractivity contribution < 1.29 is 4.39 Å². The molecule has 0 saturated carbocycles. The molecule has 2 nitrogen and oxygen atoms in total. The van der Waals surface area contributed by atoms with Crippen LogP contribution in [0.5, 0.6) is 0 Å². The highest BCUT2D eigenvalue weighted by molar-refractivity contribution is 8.06. The Bertz CT molecular complexity index is 651. The van der Waals surface area contributed by atoms with Crippen molar-refractivity contribution in [3.05, 3.63) is 29.3 Å². The monoisotopic (exact) mass is 344 g/mol. The molecule has 1 fully saturated rings. The first-order valence-electron chi connectivity index (χ1n) is 7.06. The Morgan fingerprint density at radius 2 is 2.29 bits per heavy atom. The van der Waals surface area contributed by atoms with Crippen LogP contribution >= 0.6 is 35.1 Å². The van der Waals surface area contributed by atoms with Gasteiger partial charge in [-0.15, -0.1) is 11.6 Å². The van der Waals surface area contributed by atoms with E-state index in [2.05, 4.69) is 9.55 Å². The molecule has 1 aromatic carbocycles. The normalized spacial score (nSPS) is 20.9. The van der Waals surface area contributed by atoms with E-state index < -0.39 is 0 Å². The molecule has 6 heteroatoms. The molecule has 1 aliphatic rings. The lowest BCUT2D eigenvalue weighted by atomic mass is 10.2. The third kappa shape index (κ3) is 3.20. The van der Waals surface area contributed by atoms with Gasteiger partial charge in [0.1, 0.15) is 11.6 Å². The van der Waals surface area contributed by atoms with E-state index in [0.717, 1.165) is 23.6 Å². The molecule has 0 bridgehead atoms. The van der Waals surface area contributed by atoms with Crippen LogP contribution in [-0.2, 0) is 6.54 Å². The van der Waals surface area contributed by atoms with E-state index in [4.69, 9.17) is 11.6 Å². The zero-order valence-corrected chi connectivity index (χ0v) is 14.5. The molecule has 0 amide bonds. The second kappa shape index (κ2) is 6.39. The lowest BCUT2D eigenvalue weighted by molar-refractivity contribution is 0.620. The van der Waals surface area contributed by atoms with Crippen LogP contribution in [0.3, 0.4) is 0 Å². The number of benzene rings is 1. The van der Waals surface area contributed by atoms with Crippen molar-refractivity contribution in [2.24, 2.45) is 0 Å². The molecule has 2 heterocycles. The Hall–Kier alpha value is -0.390. The highest BCUT2D eigenvalue weighted by atomic mass is 35.5. The van der Waals surface area contributed by atoms with Gasteiger partial charge >= 0.3 is 0 Å². The number of aryl methyl sites for hydroxylation is 1. The molecule has 0 N–H and O–H groups in total. The topological polar surface area (TPSA) is 17.8 Å². The average Bonchev–Trinajstić information content (AvgIpc) is 2.79. The fourth-order valence-electron chi connectivity index (χ4n) is 2.61. The molecule has 3 rings (SSSR count). The van der Waals surface area contributed by atoms with Crippen molar-refractivity contribution in [2.75, 3.05) is 17.3 Å². The highest BCUT2D eigenvalue weighted by Gasteiger charge is 2.21. The zero-order chi connectivity index (χ0) is 15.0. The first-order valence-corrected chi connectivity index (χ1v) is 9.70. The van der Waals surface area contributed by atoms with E-state index in [0.29, 0.717) is 16.3 Å². The Morgan fingerprint density at radius 3 is 2.95 bits per heavy atom. The summed E-state index contributed by atoms with van der Waals surface area (Å²) in [6.07, 6.45) is 0. The predicted octanol–water partition coefficient (Wildman–Crippen LogP) is 4.63. The van der Waals surface area contributed by atoms with E-state index >= 15 is 0 Å². The fourth-order valence-corrected chi connectivity index (χ4v) is 5.43. The maximum absolute atomic E-state index is 13.8. The van der Waals surface area contributed by atoms with Crippen LogP contribution in [0.4, 0.5) is 4.39 Å². The Morgan fingerprint density at radius 1 is 1.48 bits per heavy atom. The SMILES string of the molecule is Cc1cc2c(cc1F)nc(C(C)Cl)n2CC1CSCCS1. The minimum absolute atomic E-state index is 0.179. The first-order chi connectivity index (χ1) is 10.1. The van der Waals surface area contributed by atoms with Gasteiger partial charge in [-0.3, -0.25) is 0 Å².